The number of carboxylic acid groups (broad SMARTS) is 1. The molecule has 14 bridgehead atoms. The van der Waals surface area contributed by atoms with Gasteiger partial charge in [-0.15, -0.1) is 0 Å². The molecule has 2 N–H and O–H groups in total. The van der Waals surface area contributed by atoms with Crippen molar-refractivity contribution in [1.82, 2.24) is 0 Å². The molecule has 21 unspecified atom stereocenters. The molecule has 0 saturated heterocycles. The molecule has 14 rings (SSSR count). The van der Waals surface area contributed by atoms with E-state index in [4.69, 9.17) is 48.1 Å². The maximum atomic E-state index is 12.0. The number of hydrogen-bond acceptors (Lipinski definition) is 15. The number of aliphatic hydroxyl groups excluding tert-OH is 1. The van der Waals surface area contributed by atoms with Crippen molar-refractivity contribution in [2.45, 2.75) is 136 Å². The van der Waals surface area contributed by atoms with E-state index in [0.29, 0.717) is 77.6 Å². The number of fused-ring (bicyclic) bond motifs is 14. The quantitative estimate of drug-likeness (QED) is 0.0455. The van der Waals surface area contributed by atoms with Gasteiger partial charge in [-0.1, -0.05) is 79.3 Å². The summed E-state index contributed by atoms with van der Waals surface area (Å²) in [6.45, 7) is 9.42. The number of aliphatic carboxylic acids is 1. The summed E-state index contributed by atoms with van der Waals surface area (Å²) >= 11 is 0. The maximum Gasteiger partial charge on any atom is 0.311 e. The topological polar surface area (TPSA) is 217 Å². The molecule has 0 radical (unpaired) electrons. The van der Waals surface area contributed by atoms with Crippen LogP contribution in [0.1, 0.15) is 130 Å². The molecule has 14 aliphatic rings. The third-order valence-corrected chi connectivity index (χ3v) is 20.6. The zero-order valence-electron chi connectivity index (χ0n) is 50.4. The average Bonchev–Trinajstić information content (AvgIpc) is 4.37. The number of carboxylic acids is 1. The molecule has 0 aromatic heterocycles. The van der Waals surface area contributed by atoms with Gasteiger partial charge in [0.1, 0.15) is 12.2 Å². The molecule has 0 aromatic carbocycles. The molecule has 16 nitrogen and oxygen atoms in total. The molecule has 464 valence electrons. The van der Waals surface area contributed by atoms with Crippen LogP contribution in [0, 0.1) is 124 Å². The second-order valence-electron chi connectivity index (χ2n) is 27.4. The average molecular weight is 1170 g/mol. The SMILES string of the molecule is CC(C)(C)OC(=O)C1CC2C=CC1C2.CCOCOC(=O)C1CC2C=CC1C2.COCOC(=O)C1CC2C=CC1C2.O=C(O)C1CC2C=CC1C2.O=C(OCCO)C1CC2C=CC1C2.O=C(OCOCC1CC2CCC1C2)C1CC2C=CC1C2. The summed E-state index contributed by atoms with van der Waals surface area (Å²) in [5, 5.41) is 17.2. The van der Waals surface area contributed by atoms with Crippen LogP contribution in [0.3, 0.4) is 0 Å². The van der Waals surface area contributed by atoms with Crippen LogP contribution in [0.5, 0.6) is 0 Å². The summed E-state index contributed by atoms with van der Waals surface area (Å²) in [4.78, 5) is 68.8. The van der Waals surface area contributed by atoms with Crippen molar-refractivity contribution in [1.29, 1.82) is 0 Å². The van der Waals surface area contributed by atoms with Crippen molar-refractivity contribution in [2.24, 2.45) is 124 Å². The van der Waals surface area contributed by atoms with Crippen molar-refractivity contribution in [3.63, 3.8) is 0 Å². The predicted octanol–water partition coefficient (Wildman–Crippen LogP) is 10.8. The number of carbonyl (C=O) groups is 6. The molecule has 0 amide bonds. The van der Waals surface area contributed by atoms with Gasteiger partial charge in [-0.3, -0.25) is 28.8 Å². The van der Waals surface area contributed by atoms with E-state index in [0.717, 1.165) is 101 Å². The van der Waals surface area contributed by atoms with Gasteiger partial charge in [0.15, 0.2) is 20.4 Å². The third-order valence-electron chi connectivity index (χ3n) is 20.6. The lowest BCUT2D eigenvalue weighted by molar-refractivity contribution is -0.164. The zero-order valence-corrected chi connectivity index (χ0v) is 50.4. The van der Waals surface area contributed by atoms with Crippen LogP contribution in [0.4, 0.5) is 0 Å². The van der Waals surface area contributed by atoms with Crippen LogP contribution in [-0.2, 0) is 66.7 Å². The number of aliphatic hydroxyl groups is 1. The first kappa shape index (κ1) is 63.6. The number of rotatable bonds is 17. The fourth-order valence-corrected chi connectivity index (χ4v) is 16.5. The van der Waals surface area contributed by atoms with Crippen LogP contribution < -0.4 is 0 Å². The van der Waals surface area contributed by atoms with Crippen molar-refractivity contribution in [3.05, 3.63) is 72.9 Å². The molecule has 16 heteroatoms. The Morgan fingerprint density at radius 1 is 0.440 bits per heavy atom. The van der Waals surface area contributed by atoms with Gasteiger partial charge in [-0.2, -0.15) is 0 Å². The highest BCUT2D eigenvalue weighted by molar-refractivity contribution is 5.76. The molecule has 84 heavy (non-hydrogen) atoms. The molecule has 0 spiro atoms. The molecule has 8 saturated carbocycles. The van der Waals surface area contributed by atoms with Gasteiger partial charge < -0.3 is 48.1 Å². The monoisotopic (exact) mass is 1170 g/mol. The van der Waals surface area contributed by atoms with Gasteiger partial charge in [-0.05, 0) is 213 Å². The Kier molecular flexibility index (Phi) is 22.5. The van der Waals surface area contributed by atoms with Crippen molar-refractivity contribution >= 4 is 35.8 Å². The standard InChI is InChI=1S/C17H24O3.C12H18O2.C11H16O3.2C10H14O3.C8H10O2/c18-17(16-8-12-2-4-14(16)6-12)20-10-19-9-15-7-11-1-3-13(15)5-11;1-12(2,3)14-11(13)10-7-8-4-5-9(10)6-8;1-2-13-7-14-11(12)10-6-8-3-4-9(10)5-8;1-12-6-13-10(11)9-5-7-2-3-8(9)4-7;11-3-4-13-10(12)9-6-7-1-2-8(9)5-7;9-8(10)7-4-5-1-2-6(7)3-5/h2,4,11-16H,1,3,5-10H2;4-5,8-10H,6-7H2,1-3H3;3-4,8-10H,2,5-7H2,1H3;2-3,7-9H,4-6H2,1H3;1-2,7-9,11H,3-6H2;1-2,5-7H,3-4H2,(H,9,10). The lowest BCUT2D eigenvalue weighted by Crippen LogP contribution is -2.30. The van der Waals surface area contributed by atoms with E-state index >= 15 is 0 Å². The number of allylic oxidation sites excluding steroid dienone is 12. The van der Waals surface area contributed by atoms with E-state index in [1.54, 1.807) is 0 Å². The van der Waals surface area contributed by atoms with E-state index in [9.17, 15) is 28.8 Å². The van der Waals surface area contributed by atoms with E-state index in [1.165, 1.54) is 32.8 Å². The molecule has 0 aromatic rings. The lowest BCUT2D eigenvalue weighted by atomic mass is 9.90. The number of hydrogen-bond donors (Lipinski definition) is 2. The zero-order chi connectivity index (χ0) is 59.5. The second-order valence-corrected chi connectivity index (χ2v) is 27.4. The fourth-order valence-electron chi connectivity index (χ4n) is 16.5. The fraction of sp³-hybridized carbons (Fsp3) is 0.735. The maximum absolute atomic E-state index is 12.0. The van der Waals surface area contributed by atoms with Crippen LogP contribution in [-0.4, -0.2) is 106 Å². The highest BCUT2D eigenvalue weighted by Crippen LogP contribution is 2.50. The number of methoxy groups -OCH3 is 1. The minimum atomic E-state index is -0.614. The Labute approximate surface area is 497 Å². The first-order valence-electron chi connectivity index (χ1n) is 31.9. The second kappa shape index (κ2) is 29.7. The summed E-state index contributed by atoms with van der Waals surface area (Å²) in [5.41, 5.74) is -0.345. The van der Waals surface area contributed by atoms with Crippen LogP contribution in [0.2, 0.25) is 0 Å². The first-order chi connectivity index (χ1) is 40.4. The van der Waals surface area contributed by atoms with E-state index in [2.05, 4.69) is 72.9 Å². The van der Waals surface area contributed by atoms with Gasteiger partial charge in [0, 0.05) is 13.7 Å². The van der Waals surface area contributed by atoms with Crippen LogP contribution in [0.25, 0.3) is 0 Å². The van der Waals surface area contributed by atoms with Gasteiger partial charge in [-0.25, -0.2) is 0 Å². The molecule has 21 atom stereocenters. The molecule has 8 fully saturated rings. The number of esters is 5. The lowest BCUT2D eigenvalue weighted by Gasteiger charge is -2.24. The van der Waals surface area contributed by atoms with Gasteiger partial charge in [0.2, 0.25) is 0 Å². The van der Waals surface area contributed by atoms with Crippen molar-refractivity contribution < 1.29 is 76.9 Å². The minimum absolute atomic E-state index is 0.00523. The molecular weight excluding hydrogens is 1070 g/mol. The molecular formula is C68H96O16. The summed E-state index contributed by atoms with van der Waals surface area (Å²) in [5.74, 6) is 8.09. The van der Waals surface area contributed by atoms with Gasteiger partial charge in [0.25, 0.3) is 0 Å². The minimum Gasteiger partial charge on any atom is -0.481 e. The Morgan fingerprint density at radius 2 is 0.810 bits per heavy atom. The van der Waals surface area contributed by atoms with E-state index < -0.39 is 5.97 Å². The highest BCUT2D eigenvalue weighted by Gasteiger charge is 2.46. The molecule has 0 aliphatic heterocycles. The normalized spacial score (nSPS) is 38.0. The molecule has 14 aliphatic carbocycles. The van der Waals surface area contributed by atoms with Crippen molar-refractivity contribution in [2.75, 3.05) is 53.9 Å². The number of carbonyl (C=O) groups excluding carboxylic acids is 5. The van der Waals surface area contributed by atoms with Gasteiger partial charge >= 0.3 is 35.8 Å². The highest BCUT2D eigenvalue weighted by atomic mass is 16.7. The molecule has 0 heterocycles. The Hall–Kier alpha value is -4.90. The Morgan fingerprint density at radius 3 is 1.10 bits per heavy atom. The Bertz CT molecular complexity index is 2400. The first-order valence-corrected chi connectivity index (χ1v) is 31.9. The van der Waals surface area contributed by atoms with E-state index in [1.807, 2.05) is 27.7 Å². The van der Waals surface area contributed by atoms with Crippen LogP contribution in [0.15, 0.2) is 72.9 Å². The summed E-state index contributed by atoms with van der Waals surface area (Å²) < 4.78 is 40.9. The summed E-state index contributed by atoms with van der Waals surface area (Å²) in [6, 6.07) is 0. The van der Waals surface area contributed by atoms with E-state index in [-0.39, 0.29) is 105 Å². The number of ether oxygens (including phenoxy) is 8. The van der Waals surface area contributed by atoms with Crippen LogP contribution >= 0.6 is 0 Å². The van der Waals surface area contributed by atoms with Gasteiger partial charge in [0.05, 0.1) is 48.7 Å². The third kappa shape index (κ3) is 16.8. The predicted molar refractivity (Wildman–Crippen MR) is 311 cm³/mol. The smallest absolute Gasteiger partial charge is 0.311 e. The summed E-state index contributed by atoms with van der Waals surface area (Å²) in [6.07, 6.45) is 44.1. The Balaban J connectivity index is 0.000000122. The van der Waals surface area contributed by atoms with Crippen molar-refractivity contribution in [3.8, 4) is 0 Å². The summed E-state index contributed by atoms with van der Waals surface area (Å²) in [7, 11) is 1.52. The largest absolute Gasteiger partial charge is 0.481 e.